The zero-order chi connectivity index (χ0) is 11.4. The van der Waals surface area contributed by atoms with E-state index in [-0.39, 0.29) is 0 Å². The van der Waals surface area contributed by atoms with Gasteiger partial charge in [-0.2, -0.15) is 0 Å². The summed E-state index contributed by atoms with van der Waals surface area (Å²) in [5, 5.41) is 0. The molecule has 0 amide bonds. The lowest BCUT2D eigenvalue weighted by molar-refractivity contribution is 0.00396. The number of epoxide rings is 2. The fourth-order valence-electron chi connectivity index (χ4n) is 6.64. The maximum absolute atomic E-state index is 5.97. The van der Waals surface area contributed by atoms with Crippen LogP contribution in [-0.4, -0.2) is 24.4 Å². The molecule has 0 aromatic carbocycles. The Kier molecular flexibility index (Phi) is 1.62. The third-order valence-corrected chi connectivity index (χ3v) is 7.44. The molecule has 8 fully saturated rings. The molecule has 6 aliphatic carbocycles. The molecule has 0 aromatic heterocycles. The van der Waals surface area contributed by atoms with Gasteiger partial charge in [-0.25, -0.2) is 0 Å². The quantitative estimate of drug-likeness (QED) is 0.664. The third-order valence-electron chi connectivity index (χ3n) is 7.44. The minimum absolute atomic E-state index is 0.693. The van der Waals surface area contributed by atoms with Crippen LogP contribution in [0.25, 0.3) is 0 Å². The van der Waals surface area contributed by atoms with Crippen molar-refractivity contribution in [2.75, 3.05) is 0 Å². The van der Waals surface area contributed by atoms with Crippen LogP contribution >= 0.6 is 0 Å². The highest BCUT2D eigenvalue weighted by atomic mass is 16.6. The first-order valence-electron chi connectivity index (χ1n) is 8.21. The van der Waals surface area contributed by atoms with Gasteiger partial charge in [0.25, 0.3) is 0 Å². The Hall–Kier alpha value is -0.0800. The van der Waals surface area contributed by atoms with E-state index >= 15 is 0 Å². The fourth-order valence-corrected chi connectivity index (χ4v) is 6.64. The summed E-state index contributed by atoms with van der Waals surface area (Å²) in [6.07, 6.45) is 11.7. The summed E-state index contributed by atoms with van der Waals surface area (Å²) in [4.78, 5) is 0. The molecule has 2 nitrogen and oxygen atoms in total. The van der Waals surface area contributed by atoms with Crippen LogP contribution in [0.3, 0.4) is 0 Å². The topological polar surface area (TPSA) is 25.1 Å². The van der Waals surface area contributed by atoms with E-state index in [0.29, 0.717) is 24.4 Å². The lowest BCUT2D eigenvalue weighted by Crippen LogP contribution is -2.48. The minimum atomic E-state index is 0.693. The molecule has 98 valence electrons. The highest BCUT2D eigenvalue weighted by molar-refractivity contribution is 5.13. The Bertz CT molecular complexity index is 370. The maximum Gasteiger partial charge on any atom is 0.0875 e. The largest absolute Gasteiger partial charge is 0.369 e. The molecule has 2 saturated heterocycles. The molecule has 10 atom stereocenters. The van der Waals surface area contributed by atoms with Gasteiger partial charge in [-0.1, -0.05) is 0 Å². The summed E-state index contributed by atoms with van der Waals surface area (Å²) in [6, 6.07) is 0. The maximum atomic E-state index is 5.97. The number of hydrogen-bond acceptors (Lipinski definition) is 2. The van der Waals surface area contributed by atoms with Crippen LogP contribution in [0.4, 0.5) is 0 Å². The van der Waals surface area contributed by atoms with E-state index in [1.807, 2.05) is 0 Å². The number of ether oxygens (including phenoxy) is 2. The smallest absolute Gasteiger partial charge is 0.0875 e. The van der Waals surface area contributed by atoms with Crippen molar-refractivity contribution < 1.29 is 9.47 Å². The molecule has 18 heavy (non-hydrogen) atoms. The van der Waals surface area contributed by atoms with Crippen molar-refractivity contribution in [3.05, 3.63) is 0 Å². The van der Waals surface area contributed by atoms with Crippen molar-refractivity contribution >= 4 is 0 Å². The van der Waals surface area contributed by atoms with Crippen LogP contribution in [0.5, 0.6) is 0 Å². The van der Waals surface area contributed by atoms with Crippen LogP contribution < -0.4 is 0 Å². The highest BCUT2D eigenvalue weighted by Crippen LogP contribution is 2.64. The van der Waals surface area contributed by atoms with Gasteiger partial charge in [-0.15, -0.1) is 0 Å². The molecule has 0 N–H and O–H groups in total. The standard InChI is InChI=1S/C16H22O2/c1-3-9-11(5-7(1)13-15(9)17-13)12-6-8-2-4-10(12)16-14(8)18-16/h7-16H,1-6H2. The average Bonchev–Trinajstić information content (AvgIpc) is 3.29. The second-order valence-corrected chi connectivity index (χ2v) is 7.93. The van der Waals surface area contributed by atoms with Crippen LogP contribution in [-0.2, 0) is 9.47 Å². The molecule has 0 aromatic rings. The van der Waals surface area contributed by atoms with E-state index in [1.54, 1.807) is 0 Å². The van der Waals surface area contributed by atoms with E-state index < -0.39 is 0 Å². The van der Waals surface area contributed by atoms with Gasteiger partial charge in [0.1, 0.15) is 0 Å². The summed E-state index contributed by atoms with van der Waals surface area (Å²) in [6.45, 7) is 0. The molecule has 8 rings (SSSR count). The first-order chi connectivity index (χ1) is 8.90. The molecule has 0 spiro atoms. The van der Waals surface area contributed by atoms with Gasteiger partial charge in [0.05, 0.1) is 24.4 Å². The Morgan fingerprint density at radius 2 is 1.00 bits per heavy atom. The number of hydrogen-bond donors (Lipinski definition) is 0. The summed E-state index contributed by atoms with van der Waals surface area (Å²) in [5.41, 5.74) is 0. The van der Waals surface area contributed by atoms with Crippen molar-refractivity contribution in [2.45, 2.75) is 62.9 Å². The summed E-state index contributed by atoms with van der Waals surface area (Å²) >= 11 is 0. The van der Waals surface area contributed by atoms with Crippen molar-refractivity contribution in [1.29, 1.82) is 0 Å². The lowest BCUT2D eigenvalue weighted by Gasteiger charge is -2.50. The summed E-state index contributed by atoms with van der Waals surface area (Å²) < 4.78 is 11.9. The van der Waals surface area contributed by atoms with E-state index in [4.69, 9.17) is 9.47 Å². The molecular weight excluding hydrogens is 224 g/mol. The zero-order valence-corrected chi connectivity index (χ0v) is 10.8. The average molecular weight is 246 g/mol. The van der Waals surface area contributed by atoms with Crippen molar-refractivity contribution in [2.24, 2.45) is 35.5 Å². The van der Waals surface area contributed by atoms with Crippen molar-refractivity contribution in [1.82, 2.24) is 0 Å². The summed E-state index contributed by atoms with van der Waals surface area (Å²) in [5.74, 6) is 5.74. The van der Waals surface area contributed by atoms with E-state index in [1.165, 1.54) is 38.5 Å². The highest BCUT2D eigenvalue weighted by Gasteiger charge is 2.65. The Balaban J connectivity index is 1.33. The van der Waals surface area contributed by atoms with E-state index in [9.17, 15) is 0 Å². The van der Waals surface area contributed by atoms with Crippen LogP contribution in [0.1, 0.15) is 38.5 Å². The first-order valence-corrected chi connectivity index (χ1v) is 8.21. The number of rotatable bonds is 1. The SMILES string of the molecule is C1CC2C(C3CC4CCC3C3OC43)CC1C1OC21. The second-order valence-electron chi connectivity index (χ2n) is 7.93. The van der Waals surface area contributed by atoms with Gasteiger partial charge in [-0.05, 0) is 74.0 Å². The molecular formula is C16H22O2. The van der Waals surface area contributed by atoms with E-state index in [0.717, 1.165) is 35.5 Å². The zero-order valence-electron chi connectivity index (χ0n) is 10.8. The predicted molar refractivity (Wildman–Crippen MR) is 66.0 cm³/mol. The van der Waals surface area contributed by atoms with Crippen LogP contribution in [0, 0.1) is 35.5 Å². The molecule has 0 radical (unpaired) electrons. The van der Waals surface area contributed by atoms with Gasteiger partial charge in [0.2, 0.25) is 0 Å². The molecule has 2 heterocycles. The Morgan fingerprint density at radius 1 is 0.500 bits per heavy atom. The van der Waals surface area contributed by atoms with Gasteiger partial charge < -0.3 is 9.47 Å². The van der Waals surface area contributed by atoms with Crippen molar-refractivity contribution in [3.8, 4) is 0 Å². The molecule has 4 bridgehead atoms. The van der Waals surface area contributed by atoms with E-state index in [2.05, 4.69) is 0 Å². The van der Waals surface area contributed by atoms with Gasteiger partial charge in [-0.3, -0.25) is 0 Å². The number of fused-ring (bicyclic) bond motifs is 5. The monoisotopic (exact) mass is 246 g/mol. The first kappa shape index (κ1) is 9.77. The molecule has 8 aliphatic rings. The van der Waals surface area contributed by atoms with Crippen LogP contribution in [0.15, 0.2) is 0 Å². The minimum Gasteiger partial charge on any atom is -0.369 e. The molecule has 2 heteroatoms. The molecule has 2 aliphatic heterocycles. The second kappa shape index (κ2) is 2.98. The lowest BCUT2D eigenvalue weighted by atomic mass is 9.53. The molecule has 6 saturated carbocycles. The van der Waals surface area contributed by atoms with Gasteiger partial charge >= 0.3 is 0 Å². The van der Waals surface area contributed by atoms with Gasteiger partial charge in [0, 0.05) is 0 Å². The Morgan fingerprint density at radius 3 is 1.44 bits per heavy atom. The van der Waals surface area contributed by atoms with Gasteiger partial charge in [0.15, 0.2) is 0 Å². The predicted octanol–water partition coefficient (Wildman–Crippen LogP) is 2.61. The normalized spacial score (nSPS) is 70.7. The third kappa shape index (κ3) is 1.06. The summed E-state index contributed by atoms with van der Waals surface area (Å²) in [7, 11) is 0. The van der Waals surface area contributed by atoms with Crippen LogP contribution in [0.2, 0.25) is 0 Å². The molecule has 10 unspecified atom stereocenters. The van der Waals surface area contributed by atoms with Crippen molar-refractivity contribution in [3.63, 3.8) is 0 Å². The fraction of sp³-hybridized carbons (Fsp3) is 1.00. The Labute approximate surface area is 108 Å².